The molecule has 0 aromatic heterocycles. The molecule has 13 heavy (non-hydrogen) atoms. The van der Waals surface area contributed by atoms with Gasteiger partial charge in [0, 0.05) is 11.2 Å². The van der Waals surface area contributed by atoms with Gasteiger partial charge in [0.2, 0.25) is 0 Å². The van der Waals surface area contributed by atoms with Crippen LogP contribution in [0.15, 0.2) is 36.9 Å². The second-order valence-electron chi connectivity index (χ2n) is 3.53. The lowest BCUT2D eigenvalue weighted by atomic mass is 9.90. The fourth-order valence-electron chi connectivity index (χ4n) is 1.28. The minimum atomic E-state index is -0.338. The molecule has 0 aliphatic heterocycles. The molecular weight excluding hydrogens is 160 g/mol. The Morgan fingerprint density at radius 3 is 2.38 bits per heavy atom. The van der Waals surface area contributed by atoms with Crippen LogP contribution in [0, 0.1) is 0 Å². The van der Waals surface area contributed by atoms with Gasteiger partial charge in [-0.25, -0.2) is 0 Å². The van der Waals surface area contributed by atoms with Crippen LogP contribution < -0.4 is 11.5 Å². The number of nitrogens with two attached hydrogens (primary N) is 2. The smallest absolute Gasteiger partial charge is 0.0415 e. The van der Waals surface area contributed by atoms with E-state index in [0.29, 0.717) is 0 Å². The molecule has 2 heteroatoms. The van der Waals surface area contributed by atoms with Crippen LogP contribution in [-0.4, -0.2) is 0 Å². The maximum Gasteiger partial charge on any atom is 0.0415 e. The standard InChI is InChI=1S/C11H16N2/c1-3-8-11(2,13)9-4-6-10(12)7-5-9/h3-7H,1,8,12-13H2,2H3. The zero-order valence-corrected chi connectivity index (χ0v) is 7.96. The molecule has 70 valence electrons. The van der Waals surface area contributed by atoms with E-state index in [1.54, 1.807) is 0 Å². The molecule has 4 N–H and O–H groups in total. The van der Waals surface area contributed by atoms with E-state index in [9.17, 15) is 0 Å². The first-order chi connectivity index (χ1) is 6.06. The summed E-state index contributed by atoms with van der Waals surface area (Å²) in [5.74, 6) is 0. The van der Waals surface area contributed by atoms with E-state index in [-0.39, 0.29) is 5.54 Å². The van der Waals surface area contributed by atoms with Crippen LogP contribution in [0.3, 0.4) is 0 Å². The van der Waals surface area contributed by atoms with E-state index in [1.165, 1.54) is 0 Å². The summed E-state index contributed by atoms with van der Waals surface area (Å²) in [6, 6.07) is 7.64. The van der Waals surface area contributed by atoms with E-state index in [0.717, 1.165) is 17.7 Å². The van der Waals surface area contributed by atoms with Crippen molar-refractivity contribution in [2.75, 3.05) is 5.73 Å². The molecule has 1 atom stereocenters. The van der Waals surface area contributed by atoms with E-state index in [2.05, 4.69) is 6.58 Å². The molecule has 2 nitrogen and oxygen atoms in total. The average molecular weight is 176 g/mol. The van der Waals surface area contributed by atoms with E-state index in [1.807, 2.05) is 37.3 Å². The predicted octanol–water partition coefficient (Wildman–Crippen LogP) is 2.02. The van der Waals surface area contributed by atoms with Crippen LogP contribution in [0.4, 0.5) is 5.69 Å². The van der Waals surface area contributed by atoms with Crippen molar-refractivity contribution in [2.24, 2.45) is 5.73 Å². The summed E-state index contributed by atoms with van der Waals surface area (Å²) in [5, 5.41) is 0. The monoisotopic (exact) mass is 176 g/mol. The Labute approximate surface area is 79.2 Å². The second kappa shape index (κ2) is 3.62. The van der Waals surface area contributed by atoms with Crippen molar-refractivity contribution in [3.8, 4) is 0 Å². The van der Waals surface area contributed by atoms with Crippen molar-refractivity contribution in [3.05, 3.63) is 42.5 Å². The summed E-state index contributed by atoms with van der Waals surface area (Å²) in [7, 11) is 0. The Kier molecular flexibility index (Phi) is 2.73. The van der Waals surface area contributed by atoms with Crippen molar-refractivity contribution < 1.29 is 0 Å². The molecule has 0 saturated heterocycles. The molecule has 0 radical (unpaired) electrons. The highest BCUT2D eigenvalue weighted by molar-refractivity contribution is 5.41. The number of anilines is 1. The third-order valence-electron chi connectivity index (χ3n) is 2.14. The summed E-state index contributed by atoms with van der Waals surface area (Å²) in [6.07, 6.45) is 2.59. The molecule has 0 aliphatic rings. The summed E-state index contributed by atoms with van der Waals surface area (Å²) in [6.45, 7) is 5.67. The quantitative estimate of drug-likeness (QED) is 0.547. The lowest BCUT2D eigenvalue weighted by molar-refractivity contribution is 0.502. The van der Waals surface area contributed by atoms with Gasteiger partial charge in [0.25, 0.3) is 0 Å². The van der Waals surface area contributed by atoms with Crippen molar-refractivity contribution >= 4 is 5.69 Å². The maximum atomic E-state index is 6.09. The van der Waals surface area contributed by atoms with Crippen molar-refractivity contribution in [1.29, 1.82) is 0 Å². The fourth-order valence-corrected chi connectivity index (χ4v) is 1.28. The first kappa shape index (κ1) is 9.81. The largest absolute Gasteiger partial charge is 0.399 e. The van der Waals surface area contributed by atoms with Crippen LogP contribution in [-0.2, 0) is 5.54 Å². The van der Waals surface area contributed by atoms with Gasteiger partial charge in [0.05, 0.1) is 0 Å². The zero-order valence-electron chi connectivity index (χ0n) is 7.96. The van der Waals surface area contributed by atoms with Gasteiger partial charge in [0.1, 0.15) is 0 Å². The molecular formula is C11H16N2. The van der Waals surface area contributed by atoms with Crippen LogP contribution in [0.25, 0.3) is 0 Å². The Hall–Kier alpha value is -1.28. The Balaban J connectivity index is 2.93. The summed E-state index contributed by atoms with van der Waals surface area (Å²) in [5.41, 5.74) is 13.2. The number of hydrogen-bond acceptors (Lipinski definition) is 2. The highest BCUT2D eigenvalue weighted by atomic mass is 14.7. The van der Waals surface area contributed by atoms with Gasteiger partial charge in [-0.3, -0.25) is 0 Å². The molecule has 0 aliphatic carbocycles. The highest BCUT2D eigenvalue weighted by Crippen LogP contribution is 2.22. The van der Waals surface area contributed by atoms with Gasteiger partial charge < -0.3 is 11.5 Å². The first-order valence-corrected chi connectivity index (χ1v) is 4.32. The number of hydrogen-bond donors (Lipinski definition) is 2. The number of rotatable bonds is 3. The Morgan fingerprint density at radius 1 is 1.38 bits per heavy atom. The van der Waals surface area contributed by atoms with Gasteiger partial charge >= 0.3 is 0 Å². The van der Waals surface area contributed by atoms with Gasteiger partial charge in [-0.15, -0.1) is 6.58 Å². The number of nitrogen functional groups attached to an aromatic ring is 1. The van der Waals surface area contributed by atoms with E-state index < -0.39 is 0 Å². The molecule has 0 heterocycles. The predicted molar refractivity (Wildman–Crippen MR) is 57.2 cm³/mol. The van der Waals surface area contributed by atoms with E-state index >= 15 is 0 Å². The minimum Gasteiger partial charge on any atom is -0.399 e. The molecule has 0 amide bonds. The van der Waals surface area contributed by atoms with Crippen molar-refractivity contribution in [2.45, 2.75) is 18.9 Å². The summed E-state index contributed by atoms with van der Waals surface area (Å²) in [4.78, 5) is 0. The molecule has 0 bridgehead atoms. The Morgan fingerprint density at radius 2 is 1.92 bits per heavy atom. The van der Waals surface area contributed by atoms with Crippen LogP contribution in [0.1, 0.15) is 18.9 Å². The fraction of sp³-hybridized carbons (Fsp3) is 0.273. The van der Waals surface area contributed by atoms with Crippen LogP contribution in [0.2, 0.25) is 0 Å². The van der Waals surface area contributed by atoms with E-state index in [4.69, 9.17) is 11.5 Å². The van der Waals surface area contributed by atoms with Crippen molar-refractivity contribution in [1.82, 2.24) is 0 Å². The summed E-state index contributed by atoms with van der Waals surface area (Å²) < 4.78 is 0. The molecule has 1 aromatic rings. The molecule has 1 unspecified atom stereocenters. The van der Waals surface area contributed by atoms with Gasteiger partial charge in [0.15, 0.2) is 0 Å². The average Bonchev–Trinajstić information content (AvgIpc) is 2.05. The molecule has 0 saturated carbocycles. The topological polar surface area (TPSA) is 52.0 Å². The highest BCUT2D eigenvalue weighted by Gasteiger charge is 2.18. The molecule has 0 spiro atoms. The van der Waals surface area contributed by atoms with Gasteiger partial charge in [-0.05, 0) is 31.0 Å². The minimum absolute atomic E-state index is 0.338. The zero-order chi connectivity index (χ0) is 9.90. The van der Waals surface area contributed by atoms with Crippen LogP contribution in [0.5, 0.6) is 0 Å². The normalized spacial score (nSPS) is 14.9. The molecule has 1 aromatic carbocycles. The molecule has 1 rings (SSSR count). The SMILES string of the molecule is C=CCC(C)(N)c1ccc(N)cc1. The third kappa shape index (κ3) is 2.33. The maximum absolute atomic E-state index is 6.09. The summed E-state index contributed by atoms with van der Waals surface area (Å²) >= 11 is 0. The third-order valence-corrected chi connectivity index (χ3v) is 2.14. The molecule has 0 fully saturated rings. The van der Waals surface area contributed by atoms with Crippen molar-refractivity contribution in [3.63, 3.8) is 0 Å². The lowest BCUT2D eigenvalue weighted by Gasteiger charge is -2.23. The van der Waals surface area contributed by atoms with Gasteiger partial charge in [-0.1, -0.05) is 18.2 Å². The van der Waals surface area contributed by atoms with Gasteiger partial charge in [-0.2, -0.15) is 0 Å². The first-order valence-electron chi connectivity index (χ1n) is 4.32. The van der Waals surface area contributed by atoms with Crippen LogP contribution >= 0.6 is 0 Å². The lowest BCUT2D eigenvalue weighted by Crippen LogP contribution is -2.32. The Bertz CT molecular complexity index is 285. The number of benzene rings is 1. The second-order valence-corrected chi connectivity index (χ2v) is 3.53.